The molecule has 0 unspecified atom stereocenters. The summed E-state index contributed by atoms with van der Waals surface area (Å²) < 4.78 is 37.3. The molecule has 0 aromatic heterocycles. The molecule has 1 rings (SSSR count). The lowest BCUT2D eigenvalue weighted by Gasteiger charge is -2.00. The molecule has 1 aromatic carbocycles. The lowest BCUT2D eigenvalue weighted by molar-refractivity contribution is 1.34. The Kier molecular flexibility index (Phi) is 1.04. The highest BCUT2D eigenvalue weighted by Gasteiger charge is 1.82. The van der Waals surface area contributed by atoms with Gasteiger partial charge in [-0.05, 0) is 12.1 Å². The molecule has 0 aliphatic rings. The molecule has 0 fully saturated rings. The number of hydrogen-bond acceptors (Lipinski definition) is 1. The van der Waals surface area contributed by atoms with Gasteiger partial charge >= 0.3 is 0 Å². The van der Waals surface area contributed by atoms with Crippen LogP contribution in [0.15, 0.2) is 42.9 Å². The topological polar surface area (TPSA) is 12.0 Å². The Morgan fingerprint density at radius 1 is 1.50 bits per heavy atom. The second-order valence-electron chi connectivity index (χ2n) is 1.67. The molecule has 1 aromatic rings. The van der Waals surface area contributed by atoms with E-state index in [1.807, 2.05) is 0 Å². The quantitative estimate of drug-likeness (QED) is 0.632. The van der Waals surface area contributed by atoms with Gasteiger partial charge in [0, 0.05) is 12.2 Å². The molecule has 0 atom stereocenters. The Labute approximate surface area is 68.4 Å². The van der Waals surface area contributed by atoms with Crippen LogP contribution in [-0.4, -0.2) is 6.54 Å². The van der Waals surface area contributed by atoms with Gasteiger partial charge < -0.3 is 5.32 Å². The minimum absolute atomic E-state index is 0.112. The Morgan fingerprint density at radius 2 is 2.20 bits per heavy atom. The van der Waals surface area contributed by atoms with Crippen molar-refractivity contribution < 1.29 is 6.85 Å². The molecule has 0 saturated heterocycles. The highest BCUT2D eigenvalue weighted by molar-refractivity contribution is 5.42. The Bertz CT molecular complexity index is 373. The lowest BCUT2D eigenvalue weighted by atomic mass is 10.3. The number of nitrogens with one attached hydrogen (secondary N) is 1. The van der Waals surface area contributed by atoms with Crippen LogP contribution in [0.1, 0.15) is 6.85 Å². The predicted octanol–water partition coefficient (Wildman–Crippen LogP) is 2.28. The van der Waals surface area contributed by atoms with Crippen LogP contribution in [0.3, 0.4) is 0 Å². The third-order valence-corrected chi connectivity index (χ3v) is 0.923. The fourth-order valence-electron chi connectivity index (χ4n) is 0.513. The van der Waals surface area contributed by atoms with Crippen molar-refractivity contribution in [3.8, 4) is 0 Å². The summed E-state index contributed by atoms with van der Waals surface area (Å²) in [6.45, 7) is 3.84. The maximum Gasteiger partial charge on any atom is 0.0645 e. The average Bonchev–Trinajstić information content (AvgIpc) is 2.24. The maximum atomic E-state index is 7.54. The second kappa shape index (κ2) is 3.72. The molecule has 0 aliphatic carbocycles. The van der Waals surface area contributed by atoms with Crippen LogP contribution in [0.2, 0.25) is 0 Å². The zero-order valence-corrected chi connectivity index (χ0v) is 5.49. The van der Waals surface area contributed by atoms with Gasteiger partial charge in [-0.2, -0.15) is 0 Å². The summed E-state index contributed by atoms with van der Waals surface area (Å²) in [6, 6.07) is -1.48. The van der Waals surface area contributed by atoms with Crippen molar-refractivity contribution in [1.29, 1.82) is 0 Å². The van der Waals surface area contributed by atoms with Gasteiger partial charge in [0.15, 0.2) is 0 Å². The lowest BCUT2D eigenvalue weighted by Crippen LogP contribution is -1.96. The highest BCUT2D eigenvalue weighted by Crippen LogP contribution is 2.03. The normalized spacial score (nSPS) is 15.8. The van der Waals surface area contributed by atoms with Gasteiger partial charge in [0.25, 0.3) is 0 Å². The van der Waals surface area contributed by atoms with E-state index in [0.717, 1.165) is 0 Å². The van der Waals surface area contributed by atoms with Crippen molar-refractivity contribution in [2.24, 2.45) is 0 Å². The van der Waals surface area contributed by atoms with Gasteiger partial charge in [0.05, 0.1) is 6.85 Å². The maximum absolute atomic E-state index is 7.54. The minimum atomic E-state index is -0.380. The first-order valence-electron chi connectivity index (χ1n) is 5.42. The van der Waals surface area contributed by atoms with Crippen molar-refractivity contribution in [2.75, 3.05) is 11.9 Å². The number of rotatable bonds is 3. The summed E-state index contributed by atoms with van der Waals surface area (Å²) in [6.07, 6.45) is 1.56. The number of anilines is 1. The van der Waals surface area contributed by atoms with Crippen molar-refractivity contribution in [2.45, 2.75) is 0 Å². The first-order chi connectivity index (χ1) is 7.00. The van der Waals surface area contributed by atoms with Crippen molar-refractivity contribution >= 4 is 5.69 Å². The van der Waals surface area contributed by atoms with E-state index in [1.165, 1.54) is 0 Å². The SMILES string of the molecule is [2H]c1c([2H])c([2H])c(NCC=C)c([2H])c1[2H]. The Hall–Kier alpha value is -1.24. The Morgan fingerprint density at radius 3 is 2.80 bits per heavy atom. The van der Waals surface area contributed by atoms with E-state index in [0.29, 0.717) is 6.54 Å². The fourth-order valence-corrected chi connectivity index (χ4v) is 0.513. The molecular formula is C9H11N. The monoisotopic (exact) mass is 138 g/mol. The van der Waals surface area contributed by atoms with E-state index in [9.17, 15) is 0 Å². The second-order valence-corrected chi connectivity index (χ2v) is 1.67. The zero-order chi connectivity index (χ0) is 11.6. The van der Waals surface area contributed by atoms with Crippen LogP contribution in [-0.2, 0) is 0 Å². The average molecular weight is 138 g/mol. The van der Waals surface area contributed by atoms with Gasteiger partial charge in [-0.1, -0.05) is 24.2 Å². The molecule has 0 aliphatic heterocycles. The van der Waals surface area contributed by atoms with Crippen LogP contribution < -0.4 is 5.32 Å². The molecule has 0 saturated carbocycles. The predicted molar refractivity (Wildman–Crippen MR) is 45.1 cm³/mol. The fraction of sp³-hybridized carbons (Fsp3) is 0.111. The molecule has 0 radical (unpaired) electrons. The summed E-state index contributed by atoms with van der Waals surface area (Å²) in [4.78, 5) is 0. The van der Waals surface area contributed by atoms with Gasteiger partial charge in [-0.15, -0.1) is 6.58 Å². The zero-order valence-electron chi connectivity index (χ0n) is 10.5. The molecule has 0 heterocycles. The summed E-state index contributed by atoms with van der Waals surface area (Å²) in [5.74, 6) is 0. The summed E-state index contributed by atoms with van der Waals surface area (Å²) in [7, 11) is 0. The van der Waals surface area contributed by atoms with Gasteiger partial charge in [0.1, 0.15) is 0 Å². The van der Waals surface area contributed by atoms with Crippen LogP contribution in [0.4, 0.5) is 5.69 Å². The van der Waals surface area contributed by atoms with Crippen molar-refractivity contribution in [3.05, 3.63) is 42.9 Å². The van der Waals surface area contributed by atoms with E-state index >= 15 is 0 Å². The van der Waals surface area contributed by atoms with Crippen LogP contribution in [0, 0.1) is 0 Å². The largest absolute Gasteiger partial charge is 0.382 e. The molecule has 10 heavy (non-hydrogen) atoms. The molecule has 1 heteroatoms. The summed E-state index contributed by atoms with van der Waals surface area (Å²) in [5.41, 5.74) is 0.112. The van der Waals surface area contributed by atoms with E-state index in [-0.39, 0.29) is 35.9 Å². The van der Waals surface area contributed by atoms with E-state index in [4.69, 9.17) is 6.85 Å². The third-order valence-electron chi connectivity index (χ3n) is 0.923. The first-order valence-corrected chi connectivity index (χ1v) is 2.92. The van der Waals surface area contributed by atoms with Gasteiger partial charge in [0.2, 0.25) is 0 Å². The van der Waals surface area contributed by atoms with Crippen molar-refractivity contribution in [3.63, 3.8) is 0 Å². The summed E-state index contributed by atoms with van der Waals surface area (Å²) >= 11 is 0. The molecule has 0 spiro atoms. The molecule has 0 amide bonds. The van der Waals surface area contributed by atoms with E-state index in [2.05, 4.69) is 11.9 Å². The van der Waals surface area contributed by atoms with Crippen molar-refractivity contribution in [1.82, 2.24) is 0 Å². The molecule has 52 valence electrons. The first kappa shape index (κ1) is 2.79. The number of benzene rings is 1. The van der Waals surface area contributed by atoms with E-state index in [1.54, 1.807) is 6.08 Å². The highest BCUT2D eigenvalue weighted by atomic mass is 14.8. The van der Waals surface area contributed by atoms with Crippen LogP contribution >= 0.6 is 0 Å². The molecular weight excluding hydrogens is 122 g/mol. The van der Waals surface area contributed by atoms with E-state index < -0.39 is 0 Å². The van der Waals surface area contributed by atoms with Gasteiger partial charge in [-0.3, -0.25) is 0 Å². The smallest absolute Gasteiger partial charge is 0.0645 e. The molecule has 1 nitrogen and oxygen atoms in total. The van der Waals surface area contributed by atoms with Gasteiger partial charge in [-0.25, -0.2) is 0 Å². The van der Waals surface area contributed by atoms with Crippen LogP contribution in [0.5, 0.6) is 0 Å². The molecule has 1 N–H and O–H groups in total. The number of para-hydroxylation sites is 1. The number of hydrogen-bond donors (Lipinski definition) is 1. The third kappa shape index (κ3) is 1.94. The Balaban J connectivity index is 3.31. The summed E-state index contributed by atoms with van der Waals surface area (Å²) in [5, 5.41) is 2.72. The van der Waals surface area contributed by atoms with Crippen LogP contribution in [0.25, 0.3) is 0 Å². The molecule has 0 bridgehead atoms. The standard InChI is InChI=1S/C9H11N/c1-2-8-10-9-6-4-3-5-7-9/h2-7,10H,1,8H2/i3D,4D,5D,6D,7D. The minimum Gasteiger partial charge on any atom is -0.382 e.